The third-order valence-corrected chi connectivity index (χ3v) is 4.87. The van der Waals surface area contributed by atoms with Gasteiger partial charge in [0.15, 0.2) is 0 Å². The average molecular weight is 333 g/mol. The van der Waals surface area contributed by atoms with Crippen molar-refractivity contribution >= 4 is 21.6 Å². The maximum absolute atomic E-state index is 12.4. The second kappa shape index (κ2) is 7.58. The zero-order valence-corrected chi connectivity index (χ0v) is 14.9. The average Bonchev–Trinajstić information content (AvgIpc) is 2.37. The first kappa shape index (κ1) is 18.4. The van der Waals surface area contributed by atoms with Gasteiger partial charge in [0.05, 0.1) is 4.90 Å². The van der Waals surface area contributed by atoms with Crippen molar-refractivity contribution in [2.24, 2.45) is 5.92 Å². The minimum absolute atomic E-state index is 0.251. The van der Waals surface area contributed by atoms with E-state index in [1.165, 1.54) is 6.07 Å². The highest BCUT2D eigenvalue weighted by Gasteiger charge is 2.19. The molecule has 1 aromatic rings. The van der Waals surface area contributed by atoms with E-state index in [1.807, 2.05) is 40.7 Å². The highest BCUT2D eigenvalue weighted by Crippen LogP contribution is 2.24. The molecule has 0 aliphatic heterocycles. The zero-order chi connectivity index (χ0) is 16.2. The first-order chi connectivity index (χ1) is 9.63. The van der Waals surface area contributed by atoms with Crippen LogP contribution in [-0.4, -0.2) is 21.0 Å². The maximum Gasteiger partial charge on any atom is 0.240 e. The Kier molecular flexibility index (Phi) is 6.66. The Bertz CT molecular complexity index is 584. The Balaban J connectivity index is 3.12. The Hall–Kier alpha value is -0.620. The van der Waals surface area contributed by atoms with Crippen LogP contribution in [-0.2, 0) is 16.6 Å². The third-order valence-electron chi connectivity index (χ3n) is 3.10. The molecule has 21 heavy (non-hydrogen) atoms. The predicted molar refractivity (Wildman–Crippen MR) is 88.2 cm³/mol. The van der Waals surface area contributed by atoms with Crippen molar-refractivity contribution in [3.8, 4) is 0 Å². The molecule has 1 aromatic carbocycles. The molecular formula is C15H25ClN2O2S. The molecule has 4 nitrogen and oxygen atoms in total. The predicted octanol–water partition coefficient (Wildman–Crippen LogP) is 3.08. The van der Waals surface area contributed by atoms with Gasteiger partial charge in [0.25, 0.3) is 0 Å². The molecule has 0 atom stereocenters. The molecular weight excluding hydrogens is 308 g/mol. The largest absolute Gasteiger partial charge is 0.310 e. The van der Waals surface area contributed by atoms with E-state index in [0.29, 0.717) is 24.2 Å². The number of hydrogen-bond donors (Lipinski definition) is 2. The maximum atomic E-state index is 12.4. The monoisotopic (exact) mass is 332 g/mol. The second-order valence-electron chi connectivity index (χ2n) is 5.97. The Labute approximate surface area is 133 Å². The summed E-state index contributed by atoms with van der Waals surface area (Å²) >= 11 is 6.09. The highest BCUT2D eigenvalue weighted by atomic mass is 35.5. The SMILES string of the molecule is Cc1c(CNC(C)C)cc(Cl)cc1S(=O)(=O)NCC(C)C. The Morgan fingerprint density at radius 3 is 2.33 bits per heavy atom. The fourth-order valence-corrected chi connectivity index (χ4v) is 3.67. The molecule has 0 saturated heterocycles. The van der Waals surface area contributed by atoms with E-state index >= 15 is 0 Å². The molecule has 0 unspecified atom stereocenters. The molecule has 0 saturated carbocycles. The van der Waals surface area contributed by atoms with E-state index in [0.717, 1.165) is 11.1 Å². The molecule has 0 spiro atoms. The minimum atomic E-state index is -3.53. The van der Waals surface area contributed by atoms with Crippen molar-refractivity contribution in [2.45, 2.75) is 52.1 Å². The first-order valence-electron chi connectivity index (χ1n) is 7.15. The number of hydrogen-bond acceptors (Lipinski definition) is 3. The lowest BCUT2D eigenvalue weighted by atomic mass is 10.1. The topological polar surface area (TPSA) is 58.2 Å². The molecule has 0 heterocycles. The second-order valence-corrected chi connectivity index (χ2v) is 8.14. The summed E-state index contributed by atoms with van der Waals surface area (Å²) in [5.41, 5.74) is 1.64. The molecule has 0 fully saturated rings. The van der Waals surface area contributed by atoms with E-state index in [2.05, 4.69) is 10.0 Å². The van der Waals surface area contributed by atoms with E-state index in [1.54, 1.807) is 0 Å². The molecule has 1 rings (SSSR count). The molecule has 0 amide bonds. The Morgan fingerprint density at radius 2 is 1.81 bits per heavy atom. The fourth-order valence-electron chi connectivity index (χ4n) is 1.84. The normalized spacial score (nSPS) is 12.4. The summed E-state index contributed by atoms with van der Waals surface area (Å²) in [5.74, 6) is 0.251. The van der Waals surface area contributed by atoms with Crippen LogP contribution in [0.4, 0.5) is 0 Å². The molecule has 2 N–H and O–H groups in total. The quantitative estimate of drug-likeness (QED) is 0.806. The Morgan fingerprint density at radius 1 is 1.19 bits per heavy atom. The first-order valence-corrected chi connectivity index (χ1v) is 9.01. The number of sulfonamides is 1. The van der Waals surface area contributed by atoms with Crippen LogP contribution in [0.25, 0.3) is 0 Å². The van der Waals surface area contributed by atoms with Gasteiger partial charge in [-0.1, -0.05) is 39.3 Å². The smallest absolute Gasteiger partial charge is 0.240 e. The summed E-state index contributed by atoms with van der Waals surface area (Å²) in [6.45, 7) is 10.8. The van der Waals surface area contributed by atoms with E-state index in [-0.39, 0.29) is 10.8 Å². The van der Waals surface area contributed by atoms with Crippen LogP contribution in [0.15, 0.2) is 17.0 Å². The van der Waals surface area contributed by atoms with Gasteiger partial charge in [0.2, 0.25) is 10.0 Å². The summed E-state index contributed by atoms with van der Waals surface area (Å²) < 4.78 is 27.4. The van der Waals surface area contributed by atoms with Gasteiger partial charge in [-0.15, -0.1) is 0 Å². The third kappa shape index (κ3) is 5.58. The van der Waals surface area contributed by atoms with Crippen molar-refractivity contribution in [2.75, 3.05) is 6.54 Å². The van der Waals surface area contributed by atoms with Crippen LogP contribution in [0.2, 0.25) is 5.02 Å². The lowest BCUT2D eigenvalue weighted by Gasteiger charge is -2.16. The summed E-state index contributed by atoms with van der Waals surface area (Å²) in [4.78, 5) is 0.260. The number of nitrogens with one attached hydrogen (secondary N) is 2. The zero-order valence-electron chi connectivity index (χ0n) is 13.3. The molecule has 120 valence electrons. The van der Waals surface area contributed by atoms with Crippen LogP contribution in [0.5, 0.6) is 0 Å². The molecule has 0 aromatic heterocycles. The van der Waals surface area contributed by atoms with Crippen molar-refractivity contribution in [3.63, 3.8) is 0 Å². The van der Waals surface area contributed by atoms with Gasteiger partial charge in [-0.2, -0.15) is 0 Å². The van der Waals surface area contributed by atoms with Gasteiger partial charge in [-0.05, 0) is 36.1 Å². The van der Waals surface area contributed by atoms with Gasteiger partial charge in [-0.25, -0.2) is 13.1 Å². The summed E-state index contributed by atoms with van der Waals surface area (Å²) in [5, 5.41) is 3.72. The fraction of sp³-hybridized carbons (Fsp3) is 0.600. The number of benzene rings is 1. The summed E-state index contributed by atoms with van der Waals surface area (Å²) in [7, 11) is -3.53. The van der Waals surface area contributed by atoms with Crippen LogP contribution in [0, 0.1) is 12.8 Å². The van der Waals surface area contributed by atoms with E-state index < -0.39 is 10.0 Å². The van der Waals surface area contributed by atoms with Gasteiger partial charge in [-0.3, -0.25) is 0 Å². The van der Waals surface area contributed by atoms with Crippen LogP contribution < -0.4 is 10.0 Å². The van der Waals surface area contributed by atoms with Crippen LogP contribution >= 0.6 is 11.6 Å². The molecule has 0 bridgehead atoms. The van der Waals surface area contributed by atoms with Gasteiger partial charge < -0.3 is 5.32 Å². The van der Waals surface area contributed by atoms with Crippen LogP contribution in [0.3, 0.4) is 0 Å². The summed E-state index contributed by atoms with van der Waals surface area (Å²) in [6.07, 6.45) is 0. The minimum Gasteiger partial charge on any atom is -0.310 e. The van der Waals surface area contributed by atoms with Crippen molar-refractivity contribution in [1.29, 1.82) is 0 Å². The molecule has 0 aliphatic rings. The van der Waals surface area contributed by atoms with E-state index in [4.69, 9.17) is 11.6 Å². The van der Waals surface area contributed by atoms with Gasteiger partial charge >= 0.3 is 0 Å². The van der Waals surface area contributed by atoms with Crippen molar-refractivity contribution in [3.05, 3.63) is 28.3 Å². The van der Waals surface area contributed by atoms with Gasteiger partial charge in [0, 0.05) is 24.2 Å². The summed E-state index contributed by atoms with van der Waals surface area (Å²) in [6, 6.07) is 3.65. The van der Waals surface area contributed by atoms with Gasteiger partial charge in [0.1, 0.15) is 0 Å². The molecule has 6 heteroatoms. The highest BCUT2D eigenvalue weighted by molar-refractivity contribution is 7.89. The lowest BCUT2D eigenvalue weighted by molar-refractivity contribution is 0.558. The van der Waals surface area contributed by atoms with Crippen molar-refractivity contribution < 1.29 is 8.42 Å². The molecule has 0 aliphatic carbocycles. The van der Waals surface area contributed by atoms with E-state index in [9.17, 15) is 8.42 Å². The number of halogens is 1. The van der Waals surface area contributed by atoms with Crippen molar-refractivity contribution in [1.82, 2.24) is 10.0 Å². The standard InChI is InChI=1S/C15H25ClN2O2S/c1-10(2)8-18-21(19,20)15-7-14(16)6-13(12(15)5)9-17-11(3)4/h6-7,10-11,17-18H,8-9H2,1-5H3. The molecule has 0 radical (unpaired) electrons. The number of rotatable bonds is 7. The van der Waals surface area contributed by atoms with Crippen LogP contribution in [0.1, 0.15) is 38.8 Å². The lowest BCUT2D eigenvalue weighted by Crippen LogP contribution is -2.29.